The summed E-state index contributed by atoms with van der Waals surface area (Å²) in [5, 5.41) is 0. The smallest absolute Gasteiger partial charge is 0.0755 e. The molecule has 0 saturated carbocycles. The average Bonchev–Trinajstić information content (AvgIpc) is 2.39. The molecule has 1 aliphatic heterocycles. The monoisotopic (exact) mass is 256 g/mol. The van der Waals surface area contributed by atoms with Crippen LogP contribution in [0.2, 0.25) is 0 Å². The highest BCUT2D eigenvalue weighted by molar-refractivity contribution is 5.85. The molecular formula is C12H21ClN4. The zero-order valence-electron chi connectivity index (χ0n) is 10.2. The summed E-state index contributed by atoms with van der Waals surface area (Å²) >= 11 is 0. The first kappa shape index (κ1) is 14.4. The maximum absolute atomic E-state index is 5.83. The van der Waals surface area contributed by atoms with Gasteiger partial charge in [0.15, 0.2) is 0 Å². The highest BCUT2D eigenvalue weighted by Gasteiger charge is 2.26. The summed E-state index contributed by atoms with van der Waals surface area (Å²) in [4.78, 5) is 11.0. The average molecular weight is 257 g/mol. The molecule has 0 bridgehead atoms. The zero-order chi connectivity index (χ0) is 11.4. The summed E-state index contributed by atoms with van der Waals surface area (Å²) < 4.78 is 0. The molecule has 1 aliphatic rings. The third-order valence-electron chi connectivity index (χ3n) is 3.45. The van der Waals surface area contributed by atoms with Gasteiger partial charge in [-0.2, -0.15) is 0 Å². The summed E-state index contributed by atoms with van der Waals surface area (Å²) in [7, 11) is 0. The lowest BCUT2D eigenvalue weighted by atomic mass is 9.99. The van der Waals surface area contributed by atoms with Crippen LogP contribution in [0.1, 0.15) is 37.9 Å². The fourth-order valence-electron chi connectivity index (χ4n) is 2.48. The summed E-state index contributed by atoms with van der Waals surface area (Å²) in [6, 6.07) is 0.827. The normalized spacial score (nSPS) is 22.8. The van der Waals surface area contributed by atoms with E-state index in [0.717, 1.165) is 18.8 Å². The zero-order valence-corrected chi connectivity index (χ0v) is 11.1. The van der Waals surface area contributed by atoms with Crippen molar-refractivity contribution in [2.45, 2.75) is 38.3 Å². The van der Waals surface area contributed by atoms with Gasteiger partial charge >= 0.3 is 0 Å². The van der Waals surface area contributed by atoms with Crippen molar-refractivity contribution in [1.82, 2.24) is 14.9 Å². The molecule has 17 heavy (non-hydrogen) atoms. The van der Waals surface area contributed by atoms with E-state index in [1.165, 1.54) is 19.3 Å². The molecule has 5 heteroatoms. The van der Waals surface area contributed by atoms with Crippen molar-refractivity contribution in [2.75, 3.05) is 13.1 Å². The SMILES string of the molecule is CC(c1cnccn1)N1CCCCC1CN.Cl. The number of halogens is 1. The molecule has 0 aliphatic carbocycles. The van der Waals surface area contributed by atoms with E-state index < -0.39 is 0 Å². The fraction of sp³-hybridized carbons (Fsp3) is 0.667. The highest BCUT2D eigenvalue weighted by Crippen LogP contribution is 2.26. The molecule has 1 saturated heterocycles. The van der Waals surface area contributed by atoms with Crippen molar-refractivity contribution in [3.8, 4) is 0 Å². The number of rotatable bonds is 3. The minimum atomic E-state index is 0. The minimum Gasteiger partial charge on any atom is -0.329 e. The van der Waals surface area contributed by atoms with Crippen LogP contribution in [0.25, 0.3) is 0 Å². The Bertz CT molecular complexity index is 320. The fourth-order valence-corrected chi connectivity index (χ4v) is 2.48. The van der Waals surface area contributed by atoms with Crippen molar-refractivity contribution in [2.24, 2.45) is 5.73 Å². The highest BCUT2D eigenvalue weighted by atomic mass is 35.5. The maximum Gasteiger partial charge on any atom is 0.0755 e. The van der Waals surface area contributed by atoms with Crippen LogP contribution in [-0.2, 0) is 0 Å². The molecule has 4 nitrogen and oxygen atoms in total. The second kappa shape index (κ2) is 6.89. The molecule has 2 rings (SSSR count). The second-order valence-corrected chi connectivity index (χ2v) is 4.43. The Hall–Kier alpha value is -0.710. The first-order valence-electron chi connectivity index (χ1n) is 6.04. The molecule has 2 unspecified atom stereocenters. The molecule has 1 aromatic rings. The van der Waals surface area contributed by atoms with Crippen molar-refractivity contribution in [1.29, 1.82) is 0 Å². The van der Waals surface area contributed by atoms with Gasteiger partial charge in [-0.15, -0.1) is 12.4 Å². The predicted octanol–water partition coefficient (Wildman–Crippen LogP) is 1.77. The van der Waals surface area contributed by atoms with E-state index >= 15 is 0 Å². The third-order valence-corrected chi connectivity index (χ3v) is 3.45. The van der Waals surface area contributed by atoms with Crippen molar-refractivity contribution in [3.63, 3.8) is 0 Å². The Morgan fingerprint density at radius 3 is 2.94 bits per heavy atom. The van der Waals surface area contributed by atoms with Crippen LogP contribution in [0.5, 0.6) is 0 Å². The number of nitrogens with zero attached hydrogens (tertiary/aromatic N) is 3. The van der Waals surface area contributed by atoms with Gasteiger partial charge in [0.1, 0.15) is 0 Å². The van der Waals surface area contributed by atoms with Crippen LogP contribution < -0.4 is 5.73 Å². The Labute approximate surface area is 109 Å². The lowest BCUT2D eigenvalue weighted by Crippen LogP contribution is -2.45. The van der Waals surface area contributed by atoms with Crippen LogP contribution in [-0.4, -0.2) is 34.0 Å². The molecule has 2 heterocycles. The molecule has 96 valence electrons. The van der Waals surface area contributed by atoms with Gasteiger partial charge in [0.2, 0.25) is 0 Å². The minimum absolute atomic E-state index is 0. The molecule has 0 spiro atoms. The number of aromatic nitrogens is 2. The van der Waals surface area contributed by atoms with Crippen LogP contribution in [0.4, 0.5) is 0 Å². The van der Waals surface area contributed by atoms with Gasteiger partial charge in [-0.1, -0.05) is 6.42 Å². The first-order chi connectivity index (χ1) is 7.83. The van der Waals surface area contributed by atoms with Crippen LogP contribution in [0, 0.1) is 0 Å². The van der Waals surface area contributed by atoms with Gasteiger partial charge < -0.3 is 5.73 Å². The third kappa shape index (κ3) is 3.37. The van der Waals surface area contributed by atoms with E-state index in [9.17, 15) is 0 Å². The maximum atomic E-state index is 5.83. The lowest BCUT2D eigenvalue weighted by Gasteiger charge is -2.38. The quantitative estimate of drug-likeness (QED) is 0.896. The topological polar surface area (TPSA) is 55.0 Å². The standard InChI is InChI=1S/C12H20N4.ClH/c1-10(12-9-14-5-6-15-12)16-7-3-2-4-11(16)8-13;/h5-6,9-11H,2-4,7-8,13H2,1H3;1H. The van der Waals surface area contributed by atoms with Gasteiger partial charge in [0, 0.05) is 31.2 Å². The second-order valence-electron chi connectivity index (χ2n) is 4.43. The van der Waals surface area contributed by atoms with E-state index in [0.29, 0.717) is 12.1 Å². The van der Waals surface area contributed by atoms with Crippen molar-refractivity contribution in [3.05, 3.63) is 24.3 Å². The van der Waals surface area contributed by atoms with E-state index in [1.807, 2.05) is 6.20 Å². The van der Waals surface area contributed by atoms with Gasteiger partial charge in [0.25, 0.3) is 0 Å². The Balaban J connectivity index is 0.00000144. The molecule has 0 amide bonds. The molecule has 1 fully saturated rings. The summed E-state index contributed by atoms with van der Waals surface area (Å²) in [5.74, 6) is 0. The number of nitrogens with two attached hydrogens (primary N) is 1. The van der Waals surface area contributed by atoms with E-state index in [4.69, 9.17) is 5.73 Å². The Morgan fingerprint density at radius 2 is 2.29 bits per heavy atom. The van der Waals surface area contributed by atoms with Gasteiger partial charge in [-0.3, -0.25) is 14.9 Å². The predicted molar refractivity (Wildman–Crippen MR) is 71.1 cm³/mol. The Morgan fingerprint density at radius 1 is 1.47 bits per heavy atom. The number of likely N-dealkylation sites (tertiary alicyclic amines) is 1. The molecule has 2 atom stereocenters. The number of hydrogen-bond donors (Lipinski definition) is 1. The molecule has 0 radical (unpaired) electrons. The van der Waals surface area contributed by atoms with Gasteiger partial charge in [-0.25, -0.2) is 0 Å². The van der Waals surface area contributed by atoms with E-state index in [2.05, 4.69) is 21.8 Å². The van der Waals surface area contributed by atoms with Crippen LogP contribution in [0.15, 0.2) is 18.6 Å². The van der Waals surface area contributed by atoms with Gasteiger partial charge in [0.05, 0.1) is 11.7 Å². The van der Waals surface area contributed by atoms with E-state index in [-0.39, 0.29) is 12.4 Å². The largest absolute Gasteiger partial charge is 0.329 e. The van der Waals surface area contributed by atoms with Crippen LogP contribution >= 0.6 is 12.4 Å². The molecule has 0 aromatic carbocycles. The summed E-state index contributed by atoms with van der Waals surface area (Å²) in [6.07, 6.45) is 9.10. The molecule has 1 aromatic heterocycles. The summed E-state index contributed by atoms with van der Waals surface area (Å²) in [6.45, 7) is 4.06. The lowest BCUT2D eigenvalue weighted by molar-refractivity contribution is 0.105. The number of piperidine rings is 1. The van der Waals surface area contributed by atoms with E-state index in [1.54, 1.807) is 12.4 Å². The molecular weight excluding hydrogens is 236 g/mol. The molecule has 2 N–H and O–H groups in total. The first-order valence-corrected chi connectivity index (χ1v) is 6.04. The van der Waals surface area contributed by atoms with Crippen molar-refractivity contribution < 1.29 is 0 Å². The van der Waals surface area contributed by atoms with Gasteiger partial charge in [-0.05, 0) is 26.3 Å². The summed E-state index contributed by atoms with van der Waals surface area (Å²) in [5.41, 5.74) is 6.88. The number of hydrogen-bond acceptors (Lipinski definition) is 4. The van der Waals surface area contributed by atoms with Crippen molar-refractivity contribution >= 4 is 12.4 Å². The van der Waals surface area contributed by atoms with Crippen LogP contribution in [0.3, 0.4) is 0 Å². The Kier molecular flexibility index (Phi) is 5.82.